The van der Waals surface area contributed by atoms with Gasteiger partial charge in [-0.05, 0) is 77.1 Å². The Labute approximate surface area is 179 Å². The predicted octanol–water partition coefficient (Wildman–Crippen LogP) is 3.05. The van der Waals surface area contributed by atoms with Crippen molar-refractivity contribution in [2.45, 2.75) is 64.0 Å². The summed E-state index contributed by atoms with van der Waals surface area (Å²) in [5, 5.41) is 6.40. The van der Waals surface area contributed by atoms with Crippen LogP contribution in [0.15, 0.2) is 24.3 Å². The van der Waals surface area contributed by atoms with Gasteiger partial charge in [-0.15, -0.1) is 0 Å². The van der Waals surface area contributed by atoms with Crippen molar-refractivity contribution in [2.75, 3.05) is 32.8 Å². The molecule has 1 fully saturated rings. The number of fused-ring (bicyclic) bond motifs is 4. The van der Waals surface area contributed by atoms with Gasteiger partial charge in [-0.25, -0.2) is 4.79 Å². The molecule has 30 heavy (non-hydrogen) atoms. The van der Waals surface area contributed by atoms with E-state index in [-0.39, 0.29) is 11.8 Å². The monoisotopic (exact) mass is 417 g/mol. The first-order chi connectivity index (χ1) is 14.3. The molecule has 7 heteroatoms. The maximum absolute atomic E-state index is 13.0. The van der Waals surface area contributed by atoms with E-state index in [1.165, 1.54) is 0 Å². The zero-order chi connectivity index (χ0) is 21.6. The van der Waals surface area contributed by atoms with Crippen LogP contribution < -0.4 is 15.4 Å². The van der Waals surface area contributed by atoms with E-state index >= 15 is 0 Å². The number of likely N-dealkylation sites (tertiary alicyclic amines) is 1. The molecule has 0 spiro atoms. The molecule has 2 heterocycles. The molecular formula is C23H35N3O4. The largest absolute Gasteiger partial charge is 0.493 e. The van der Waals surface area contributed by atoms with Crippen LogP contribution >= 0.6 is 0 Å². The summed E-state index contributed by atoms with van der Waals surface area (Å²) in [5.41, 5.74) is 0.512. The van der Waals surface area contributed by atoms with Crippen LogP contribution in [0.1, 0.15) is 57.9 Å². The number of hydrogen-bond donors (Lipinski definition) is 2. The zero-order valence-corrected chi connectivity index (χ0v) is 18.4. The number of ether oxygens (including phenoxy) is 2. The molecule has 7 nitrogen and oxygen atoms in total. The SMILES string of the molecule is CC(C)(C)OC(=O)N1CC[C@@H]2C[C@H]1C(=O)NCCCNCCCOc1ccccc12. The molecule has 2 N–H and O–H groups in total. The topological polar surface area (TPSA) is 79.9 Å². The first-order valence-corrected chi connectivity index (χ1v) is 11.0. The van der Waals surface area contributed by atoms with Gasteiger partial charge in [-0.2, -0.15) is 0 Å². The van der Waals surface area contributed by atoms with E-state index in [1.54, 1.807) is 4.90 Å². The van der Waals surface area contributed by atoms with Crippen molar-refractivity contribution in [3.8, 4) is 5.75 Å². The molecule has 2 aliphatic heterocycles. The number of benzene rings is 1. The van der Waals surface area contributed by atoms with E-state index in [0.29, 0.717) is 26.1 Å². The van der Waals surface area contributed by atoms with Crippen LogP contribution in [0, 0.1) is 0 Å². The molecule has 2 bridgehead atoms. The third-order valence-electron chi connectivity index (χ3n) is 5.48. The van der Waals surface area contributed by atoms with E-state index in [0.717, 1.165) is 43.7 Å². The lowest BCUT2D eigenvalue weighted by atomic mass is 9.84. The van der Waals surface area contributed by atoms with E-state index in [9.17, 15) is 9.59 Å². The Hall–Kier alpha value is -2.28. The van der Waals surface area contributed by atoms with Gasteiger partial charge >= 0.3 is 6.09 Å². The second kappa shape index (κ2) is 10.2. The van der Waals surface area contributed by atoms with E-state index in [2.05, 4.69) is 16.7 Å². The van der Waals surface area contributed by atoms with Gasteiger partial charge in [0.1, 0.15) is 17.4 Å². The molecule has 2 atom stereocenters. The molecule has 2 amide bonds. The molecule has 0 saturated carbocycles. The average molecular weight is 418 g/mol. The first kappa shape index (κ1) is 22.4. The number of hydrogen-bond acceptors (Lipinski definition) is 5. The number of carbonyl (C=O) groups excluding carboxylic acids is 2. The first-order valence-electron chi connectivity index (χ1n) is 11.0. The fourth-order valence-corrected chi connectivity index (χ4v) is 4.03. The third-order valence-corrected chi connectivity index (χ3v) is 5.48. The second-order valence-corrected chi connectivity index (χ2v) is 9.05. The Morgan fingerprint density at radius 1 is 1.17 bits per heavy atom. The minimum atomic E-state index is -0.601. The fraction of sp³-hybridized carbons (Fsp3) is 0.652. The lowest BCUT2D eigenvalue weighted by Crippen LogP contribution is -2.54. The lowest BCUT2D eigenvalue weighted by molar-refractivity contribution is -0.127. The van der Waals surface area contributed by atoms with Crippen LogP contribution in [0.4, 0.5) is 4.79 Å². The number of amides is 2. The van der Waals surface area contributed by atoms with Crippen LogP contribution in [-0.2, 0) is 9.53 Å². The Morgan fingerprint density at radius 2 is 1.93 bits per heavy atom. The Morgan fingerprint density at radius 3 is 2.73 bits per heavy atom. The van der Waals surface area contributed by atoms with Gasteiger partial charge in [0.2, 0.25) is 5.91 Å². The van der Waals surface area contributed by atoms with Crippen LogP contribution in [0.3, 0.4) is 0 Å². The highest BCUT2D eigenvalue weighted by Gasteiger charge is 2.39. The minimum absolute atomic E-state index is 0.112. The van der Waals surface area contributed by atoms with Gasteiger partial charge < -0.3 is 20.1 Å². The molecule has 166 valence electrons. The Balaban J connectivity index is 1.84. The number of piperidine rings is 1. The normalized spacial score (nSPS) is 23.8. The number of nitrogens with one attached hydrogen (secondary N) is 2. The zero-order valence-electron chi connectivity index (χ0n) is 18.4. The van der Waals surface area contributed by atoms with Crippen molar-refractivity contribution in [3.05, 3.63) is 29.8 Å². The van der Waals surface area contributed by atoms with Crippen molar-refractivity contribution in [1.82, 2.24) is 15.5 Å². The summed E-state index contributed by atoms with van der Waals surface area (Å²) in [6, 6.07) is 7.51. The summed E-state index contributed by atoms with van der Waals surface area (Å²) in [6.07, 6.45) is 2.68. The predicted molar refractivity (Wildman–Crippen MR) is 116 cm³/mol. The molecule has 2 aliphatic rings. The Kier molecular flexibility index (Phi) is 7.58. The van der Waals surface area contributed by atoms with Gasteiger partial charge in [0.05, 0.1) is 6.61 Å². The van der Waals surface area contributed by atoms with Crippen molar-refractivity contribution in [3.63, 3.8) is 0 Å². The highest BCUT2D eigenvalue weighted by atomic mass is 16.6. The minimum Gasteiger partial charge on any atom is -0.493 e. The lowest BCUT2D eigenvalue weighted by Gasteiger charge is -2.39. The van der Waals surface area contributed by atoms with Gasteiger partial charge in [0, 0.05) is 13.1 Å². The number of para-hydroxylation sites is 1. The summed E-state index contributed by atoms with van der Waals surface area (Å²) in [4.78, 5) is 27.5. The molecule has 0 aliphatic carbocycles. The summed E-state index contributed by atoms with van der Waals surface area (Å²) >= 11 is 0. The van der Waals surface area contributed by atoms with Crippen LogP contribution in [0.2, 0.25) is 0 Å². The van der Waals surface area contributed by atoms with Crippen LogP contribution in [0.5, 0.6) is 5.75 Å². The van der Waals surface area contributed by atoms with Crippen LogP contribution in [0.25, 0.3) is 0 Å². The van der Waals surface area contributed by atoms with Crippen molar-refractivity contribution < 1.29 is 19.1 Å². The summed E-state index contributed by atoms with van der Waals surface area (Å²) in [5.74, 6) is 0.917. The molecular weight excluding hydrogens is 382 g/mol. The number of nitrogens with zero attached hydrogens (tertiary/aromatic N) is 1. The molecule has 1 aromatic carbocycles. The maximum Gasteiger partial charge on any atom is 0.410 e. The maximum atomic E-state index is 13.0. The van der Waals surface area contributed by atoms with Crippen molar-refractivity contribution in [2.24, 2.45) is 0 Å². The van der Waals surface area contributed by atoms with Gasteiger partial charge in [0.15, 0.2) is 0 Å². The van der Waals surface area contributed by atoms with Gasteiger partial charge in [-0.1, -0.05) is 18.2 Å². The van der Waals surface area contributed by atoms with Gasteiger partial charge in [-0.3, -0.25) is 9.69 Å². The molecule has 0 aromatic heterocycles. The van der Waals surface area contributed by atoms with Crippen molar-refractivity contribution >= 4 is 12.0 Å². The standard InChI is InChI=1S/C23H35N3O4/c1-23(2,3)30-22(28)26-14-10-17-16-19(26)21(27)25-13-6-11-24-12-7-15-29-20-9-5-4-8-18(17)20/h4-5,8-9,17,19,24H,6-7,10-16H2,1-3H3,(H,25,27)/t17-,19+/m1/s1. The molecule has 0 radical (unpaired) electrons. The van der Waals surface area contributed by atoms with Crippen molar-refractivity contribution in [1.29, 1.82) is 0 Å². The number of rotatable bonds is 0. The van der Waals surface area contributed by atoms with E-state index in [1.807, 2.05) is 39.0 Å². The van der Waals surface area contributed by atoms with E-state index < -0.39 is 17.7 Å². The quantitative estimate of drug-likeness (QED) is 0.678. The summed E-state index contributed by atoms with van der Waals surface area (Å²) < 4.78 is 11.7. The number of carbonyl (C=O) groups is 2. The average Bonchev–Trinajstić information content (AvgIpc) is 2.70. The van der Waals surface area contributed by atoms with Gasteiger partial charge in [0.25, 0.3) is 0 Å². The fourth-order valence-electron chi connectivity index (χ4n) is 4.03. The summed E-state index contributed by atoms with van der Waals surface area (Å²) in [7, 11) is 0. The third kappa shape index (κ3) is 6.11. The highest BCUT2D eigenvalue weighted by molar-refractivity contribution is 5.86. The van der Waals surface area contributed by atoms with Crippen LogP contribution in [-0.4, -0.2) is 61.3 Å². The Bertz CT molecular complexity index is 731. The smallest absolute Gasteiger partial charge is 0.410 e. The van der Waals surface area contributed by atoms with E-state index in [4.69, 9.17) is 9.47 Å². The summed E-state index contributed by atoms with van der Waals surface area (Å²) in [6.45, 7) is 8.96. The molecule has 1 saturated heterocycles. The molecule has 3 rings (SSSR count). The second-order valence-electron chi connectivity index (χ2n) is 9.05. The highest BCUT2D eigenvalue weighted by Crippen LogP contribution is 2.37. The molecule has 0 unspecified atom stereocenters. The molecule has 1 aromatic rings.